The van der Waals surface area contributed by atoms with E-state index >= 15 is 0 Å². The summed E-state index contributed by atoms with van der Waals surface area (Å²) in [6.45, 7) is 0.828. The van der Waals surface area contributed by atoms with E-state index in [4.69, 9.17) is 0 Å². The van der Waals surface area contributed by atoms with Gasteiger partial charge < -0.3 is 15.7 Å². The highest BCUT2D eigenvalue weighted by Gasteiger charge is 2.40. The van der Waals surface area contributed by atoms with Crippen LogP contribution in [0, 0.1) is 0 Å². The van der Waals surface area contributed by atoms with E-state index in [0.717, 1.165) is 15.7 Å². The summed E-state index contributed by atoms with van der Waals surface area (Å²) in [5.41, 5.74) is 1.49. The highest BCUT2D eigenvalue weighted by molar-refractivity contribution is 7.89. The third kappa shape index (κ3) is 8.21. The summed E-state index contributed by atoms with van der Waals surface area (Å²) in [5, 5.41) is 15.5. The molecule has 0 aliphatic carbocycles. The van der Waals surface area contributed by atoms with E-state index in [-0.39, 0.29) is 30.1 Å². The molecule has 0 radical (unpaired) electrons. The molecule has 2 unspecified atom stereocenters. The fourth-order valence-electron chi connectivity index (χ4n) is 4.80. The van der Waals surface area contributed by atoms with E-state index in [9.17, 15) is 27.9 Å². The van der Waals surface area contributed by atoms with Crippen molar-refractivity contribution >= 4 is 33.5 Å². The van der Waals surface area contributed by atoms with Crippen LogP contribution in [-0.2, 0) is 37.2 Å². The summed E-state index contributed by atoms with van der Waals surface area (Å²) < 4.78 is 27.4. The van der Waals surface area contributed by atoms with Crippen LogP contribution >= 0.6 is 0 Å². The van der Waals surface area contributed by atoms with Gasteiger partial charge in [0.15, 0.2) is 0 Å². The first kappa shape index (κ1) is 29.9. The maximum absolute atomic E-state index is 13.1. The molecule has 11 heteroatoms. The zero-order valence-electron chi connectivity index (χ0n) is 22.6. The molecule has 4 rings (SSSR count). The van der Waals surface area contributed by atoms with Gasteiger partial charge in [0, 0.05) is 38.5 Å². The second-order valence-corrected chi connectivity index (χ2v) is 11.9. The summed E-state index contributed by atoms with van der Waals surface area (Å²) in [7, 11) is -3.89. The highest BCUT2D eigenvalue weighted by atomic mass is 32.2. The molecule has 1 fully saturated rings. The molecule has 1 aromatic heterocycles. The molecule has 0 spiro atoms. The van der Waals surface area contributed by atoms with Crippen LogP contribution in [0.25, 0.3) is 0 Å². The Morgan fingerprint density at radius 3 is 2.37 bits per heavy atom. The quantitative estimate of drug-likeness (QED) is 0.248. The Hall–Kier alpha value is -4.09. The van der Waals surface area contributed by atoms with Crippen LogP contribution in [-0.4, -0.2) is 65.6 Å². The maximum atomic E-state index is 13.1. The predicted octanol–water partition coefficient (Wildman–Crippen LogP) is 3.05. The second-order valence-electron chi connectivity index (χ2n) is 9.97. The van der Waals surface area contributed by atoms with Crippen molar-refractivity contribution in [1.29, 1.82) is 0 Å². The van der Waals surface area contributed by atoms with Gasteiger partial charge in [0.2, 0.25) is 15.9 Å². The number of sulfonamides is 1. The monoisotopic (exact) mass is 578 g/mol. The largest absolute Gasteiger partial charge is 0.480 e. The van der Waals surface area contributed by atoms with Crippen molar-refractivity contribution in [2.24, 2.45) is 0 Å². The van der Waals surface area contributed by atoms with Gasteiger partial charge in [-0.05, 0) is 54.7 Å². The smallest absolute Gasteiger partial charge is 0.326 e. The van der Waals surface area contributed by atoms with Gasteiger partial charge >= 0.3 is 5.97 Å². The van der Waals surface area contributed by atoms with E-state index in [1.54, 1.807) is 48.7 Å². The topological polar surface area (TPSA) is 146 Å². The maximum Gasteiger partial charge on any atom is 0.326 e. The van der Waals surface area contributed by atoms with Gasteiger partial charge in [-0.15, -0.1) is 0 Å². The number of aliphatic carboxylic acids is 1. The number of amides is 1. The number of carbonyl (C=O) groups is 3. The minimum atomic E-state index is -3.89. The third-order valence-electron chi connectivity index (χ3n) is 6.94. The lowest BCUT2D eigenvalue weighted by atomic mass is 10.0. The van der Waals surface area contributed by atoms with E-state index in [1.165, 1.54) is 12.1 Å². The van der Waals surface area contributed by atoms with Crippen molar-refractivity contribution < 1.29 is 27.9 Å². The molecule has 216 valence electrons. The van der Waals surface area contributed by atoms with E-state index < -0.39 is 34.0 Å². The first-order chi connectivity index (χ1) is 19.7. The van der Waals surface area contributed by atoms with Gasteiger partial charge in [0.25, 0.3) is 0 Å². The highest BCUT2D eigenvalue weighted by Crippen LogP contribution is 2.26. The number of carboxylic acid groups (broad SMARTS) is 1. The van der Waals surface area contributed by atoms with E-state index in [1.807, 2.05) is 18.2 Å². The van der Waals surface area contributed by atoms with Gasteiger partial charge in [-0.1, -0.05) is 48.5 Å². The fourth-order valence-corrected chi connectivity index (χ4v) is 6.48. The summed E-state index contributed by atoms with van der Waals surface area (Å²) in [6.07, 6.45) is 3.91. The number of Topliss-reactive ketones (excluding diaryl/α,β-unsaturated/α-hetero) is 1. The van der Waals surface area contributed by atoms with Crippen molar-refractivity contribution in [3.8, 4) is 0 Å². The van der Waals surface area contributed by atoms with Gasteiger partial charge in [-0.3, -0.25) is 9.59 Å². The van der Waals surface area contributed by atoms with E-state index in [0.29, 0.717) is 37.8 Å². The Morgan fingerprint density at radius 1 is 0.976 bits per heavy atom. The first-order valence-corrected chi connectivity index (χ1v) is 15.0. The molecular weight excluding hydrogens is 544 g/mol. The average Bonchev–Trinajstić information content (AvgIpc) is 3.48. The Kier molecular flexibility index (Phi) is 10.2. The average molecular weight is 579 g/mol. The molecule has 0 saturated carbocycles. The molecule has 3 aromatic rings. The number of anilines is 1. The number of benzene rings is 2. The number of nitrogens with zero attached hydrogens (tertiary/aromatic N) is 2. The minimum Gasteiger partial charge on any atom is -0.480 e. The molecule has 2 heterocycles. The number of nitrogens with one attached hydrogen (secondary N) is 2. The Bertz CT molecular complexity index is 1430. The molecule has 2 atom stereocenters. The van der Waals surface area contributed by atoms with Gasteiger partial charge in [0.05, 0.1) is 4.90 Å². The molecule has 41 heavy (non-hydrogen) atoms. The van der Waals surface area contributed by atoms with Crippen LogP contribution < -0.4 is 10.6 Å². The van der Waals surface area contributed by atoms with Crippen LogP contribution in [0.5, 0.6) is 0 Å². The van der Waals surface area contributed by atoms with Crippen LogP contribution in [0.1, 0.15) is 36.8 Å². The normalized spacial score (nSPS) is 16.1. The second kappa shape index (κ2) is 14.0. The van der Waals surface area contributed by atoms with Gasteiger partial charge in [-0.2, -0.15) is 4.31 Å². The summed E-state index contributed by atoms with van der Waals surface area (Å²) in [5.74, 6) is -0.978. The van der Waals surface area contributed by atoms with Crippen molar-refractivity contribution in [3.63, 3.8) is 0 Å². The first-order valence-electron chi connectivity index (χ1n) is 13.6. The molecule has 1 saturated heterocycles. The van der Waals surface area contributed by atoms with Crippen LogP contribution in [0.4, 0.5) is 5.82 Å². The number of hydrogen-bond acceptors (Lipinski definition) is 7. The molecule has 10 nitrogen and oxygen atoms in total. The lowest BCUT2D eigenvalue weighted by Gasteiger charge is -2.25. The zero-order valence-corrected chi connectivity index (χ0v) is 23.4. The lowest BCUT2D eigenvalue weighted by molar-refractivity contribution is -0.142. The zero-order chi connectivity index (χ0) is 29.2. The Labute approximate surface area is 239 Å². The number of pyridine rings is 1. The number of carboxylic acids is 1. The number of hydrogen-bond donors (Lipinski definition) is 3. The summed E-state index contributed by atoms with van der Waals surface area (Å²) in [6, 6.07) is 18.3. The molecule has 3 N–H and O–H groups in total. The Morgan fingerprint density at radius 2 is 1.68 bits per heavy atom. The van der Waals surface area contributed by atoms with Gasteiger partial charge in [0.1, 0.15) is 23.7 Å². The minimum absolute atomic E-state index is 0.0205. The Balaban J connectivity index is 1.29. The standard InChI is InChI=1S/C30H34N4O6S/c35-24(8-6-18-32-28-12-4-5-17-31-28)20-22-13-15-23(16-14-22)21-26(30(37)38)33-29(36)27-11-7-19-34(27)41(39,40)25-9-2-1-3-10-25/h1-5,9-10,12-17,26-27H,6-8,11,18-21H2,(H,31,32)(H,33,36)(H,37,38). The fraction of sp³-hybridized carbons (Fsp3) is 0.333. The number of carbonyl (C=O) groups excluding carboxylic acids is 2. The SMILES string of the molecule is O=C(CCCNc1ccccn1)Cc1ccc(CC(NC(=O)C2CCCN2S(=O)(=O)c2ccccc2)C(=O)O)cc1. The summed E-state index contributed by atoms with van der Waals surface area (Å²) in [4.78, 5) is 41.7. The third-order valence-corrected chi connectivity index (χ3v) is 8.86. The number of ketones is 1. The van der Waals surface area contributed by atoms with Crippen molar-refractivity contribution in [2.45, 2.75) is 55.5 Å². The van der Waals surface area contributed by atoms with Crippen LogP contribution in [0.3, 0.4) is 0 Å². The summed E-state index contributed by atoms with van der Waals surface area (Å²) >= 11 is 0. The van der Waals surface area contributed by atoms with Crippen molar-refractivity contribution in [1.82, 2.24) is 14.6 Å². The molecule has 2 aromatic carbocycles. The lowest BCUT2D eigenvalue weighted by Crippen LogP contribution is -2.51. The van der Waals surface area contributed by atoms with Crippen LogP contribution in [0.2, 0.25) is 0 Å². The van der Waals surface area contributed by atoms with Crippen molar-refractivity contribution in [2.75, 3.05) is 18.4 Å². The molecular formula is C30H34N4O6S. The molecule has 1 aliphatic heterocycles. The van der Waals surface area contributed by atoms with E-state index in [2.05, 4.69) is 15.6 Å². The number of aromatic nitrogens is 1. The van der Waals surface area contributed by atoms with Crippen molar-refractivity contribution in [3.05, 3.63) is 90.1 Å². The van der Waals surface area contributed by atoms with Gasteiger partial charge in [-0.25, -0.2) is 18.2 Å². The number of rotatable bonds is 14. The predicted molar refractivity (Wildman–Crippen MR) is 154 cm³/mol. The molecule has 1 aliphatic rings. The molecule has 0 bridgehead atoms. The molecule has 1 amide bonds. The van der Waals surface area contributed by atoms with Crippen LogP contribution in [0.15, 0.2) is 83.9 Å².